The number of hydrogen-bond donors (Lipinski definition) is 2. The van der Waals surface area contributed by atoms with Gasteiger partial charge < -0.3 is 10.1 Å². The predicted octanol–water partition coefficient (Wildman–Crippen LogP) is 1.60. The number of aryl methyl sites for hydroxylation is 1. The van der Waals surface area contributed by atoms with Gasteiger partial charge in [0.05, 0.1) is 0 Å². The molecule has 0 aromatic carbocycles. The van der Waals surface area contributed by atoms with E-state index in [2.05, 4.69) is 9.97 Å². The van der Waals surface area contributed by atoms with Gasteiger partial charge in [0.25, 0.3) is 0 Å². The van der Waals surface area contributed by atoms with Crippen molar-refractivity contribution in [3.05, 3.63) is 18.2 Å². The number of imidazole rings is 1. The minimum absolute atomic E-state index is 0.276. The first-order valence-electron chi connectivity index (χ1n) is 4.49. The van der Waals surface area contributed by atoms with Crippen LogP contribution in [0.2, 0.25) is 0 Å². The zero-order valence-electron chi connectivity index (χ0n) is 7.49. The van der Waals surface area contributed by atoms with Crippen LogP contribution in [0.15, 0.2) is 12.4 Å². The highest BCUT2D eigenvalue weighted by molar-refractivity contribution is 5.66. The van der Waals surface area contributed by atoms with E-state index in [9.17, 15) is 4.79 Å². The van der Waals surface area contributed by atoms with Gasteiger partial charge in [0, 0.05) is 25.2 Å². The molecular formula is C9H14N2O2. The smallest absolute Gasteiger partial charge is 0.303 e. The second-order valence-electron chi connectivity index (χ2n) is 2.99. The van der Waals surface area contributed by atoms with Crippen molar-refractivity contribution in [3.8, 4) is 0 Å². The summed E-state index contributed by atoms with van der Waals surface area (Å²) in [6, 6.07) is 0. The van der Waals surface area contributed by atoms with Gasteiger partial charge in [0.2, 0.25) is 0 Å². The van der Waals surface area contributed by atoms with E-state index in [0.717, 1.165) is 31.5 Å². The summed E-state index contributed by atoms with van der Waals surface area (Å²) < 4.78 is 0. The molecule has 0 aliphatic heterocycles. The van der Waals surface area contributed by atoms with E-state index >= 15 is 0 Å². The lowest BCUT2D eigenvalue weighted by Crippen LogP contribution is -1.94. The number of aromatic nitrogens is 2. The number of H-pyrrole nitrogens is 1. The molecule has 0 radical (unpaired) electrons. The van der Waals surface area contributed by atoms with Gasteiger partial charge in [-0.05, 0) is 12.8 Å². The summed E-state index contributed by atoms with van der Waals surface area (Å²) in [4.78, 5) is 17.3. The number of aliphatic carboxylic acids is 1. The third-order valence-corrected chi connectivity index (χ3v) is 1.86. The van der Waals surface area contributed by atoms with Gasteiger partial charge in [0.1, 0.15) is 5.82 Å². The molecule has 13 heavy (non-hydrogen) atoms. The molecule has 0 spiro atoms. The zero-order chi connectivity index (χ0) is 9.52. The molecule has 1 rings (SSSR count). The molecule has 0 aliphatic rings. The SMILES string of the molecule is O=C(O)CCCCCc1ncc[nH]1. The van der Waals surface area contributed by atoms with E-state index in [1.165, 1.54) is 0 Å². The van der Waals surface area contributed by atoms with E-state index in [0.29, 0.717) is 0 Å². The first kappa shape index (κ1) is 9.77. The summed E-state index contributed by atoms with van der Waals surface area (Å²) >= 11 is 0. The minimum Gasteiger partial charge on any atom is -0.481 e. The van der Waals surface area contributed by atoms with E-state index in [-0.39, 0.29) is 6.42 Å². The van der Waals surface area contributed by atoms with Crippen LogP contribution in [0.5, 0.6) is 0 Å². The lowest BCUT2D eigenvalue weighted by molar-refractivity contribution is -0.137. The molecular weight excluding hydrogens is 168 g/mol. The van der Waals surface area contributed by atoms with Crippen molar-refractivity contribution in [1.82, 2.24) is 9.97 Å². The third kappa shape index (κ3) is 4.30. The summed E-state index contributed by atoms with van der Waals surface area (Å²) in [6.07, 6.45) is 7.42. The van der Waals surface area contributed by atoms with E-state index in [4.69, 9.17) is 5.11 Å². The Bertz CT molecular complexity index is 244. The van der Waals surface area contributed by atoms with Crippen LogP contribution in [0.25, 0.3) is 0 Å². The molecule has 4 nitrogen and oxygen atoms in total. The van der Waals surface area contributed by atoms with Crippen molar-refractivity contribution in [2.24, 2.45) is 0 Å². The Morgan fingerprint density at radius 1 is 1.46 bits per heavy atom. The standard InChI is InChI=1S/C9H14N2O2/c12-9(13)5-3-1-2-4-8-10-6-7-11-8/h6-7H,1-5H2,(H,10,11)(H,12,13). The molecule has 1 heterocycles. The number of carboxylic acids is 1. The van der Waals surface area contributed by atoms with Crippen LogP contribution < -0.4 is 0 Å². The molecule has 0 unspecified atom stereocenters. The van der Waals surface area contributed by atoms with Crippen LogP contribution in [0.4, 0.5) is 0 Å². The van der Waals surface area contributed by atoms with Gasteiger partial charge in [0.15, 0.2) is 0 Å². The van der Waals surface area contributed by atoms with Gasteiger partial charge in [-0.1, -0.05) is 6.42 Å². The van der Waals surface area contributed by atoms with E-state index < -0.39 is 5.97 Å². The molecule has 0 bridgehead atoms. The molecule has 2 N–H and O–H groups in total. The Balaban J connectivity index is 1.99. The largest absolute Gasteiger partial charge is 0.481 e. The number of hydrogen-bond acceptors (Lipinski definition) is 2. The van der Waals surface area contributed by atoms with Crippen molar-refractivity contribution >= 4 is 5.97 Å². The number of aromatic amines is 1. The Labute approximate surface area is 77.0 Å². The van der Waals surface area contributed by atoms with Crippen molar-refractivity contribution in [2.45, 2.75) is 32.1 Å². The lowest BCUT2D eigenvalue weighted by Gasteiger charge is -1.96. The first-order valence-corrected chi connectivity index (χ1v) is 4.49. The third-order valence-electron chi connectivity index (χ3n) is 1.86. The molecule has 0 fully saturated rings. The monoisotopic (exact) mass is 182 g/mol. The molecule has 0 aliphatic carbocycles. The number of carbonyl (C=O) groups is 1. The fraction of sp³-hybridized carbons (Fsp3) is 0.556. The molecule has 0 saturated heterocycles. The molecule has 1 aromatic heterocycles. The van der Waals surface area contributed by atoms with Gasteiger partial charge in [-0.2, -0.15) is 0 Å². The lowest BCUT2D eigenvalue weighted by atomic mass is 10.1. The van der Waals surface area contributed by atoms with Gasteiger partial charge in [-0.3, -0.25) is 4.79 Å². The summed E-state index contributed by atoms with van der Waals surface area (Å²) in [6.45, 7) is 0. The highest BCUT2D eigenvalue weighted by Gasteiger charge is 1.97. The number of unbranched alkanes of at least 4 members (excludes halogenated alkanes) is 2. The van der Waals surface area contributed by atoms with Crippen molar-refractivity contribution < 1.29 is 9.90 Å². The highest BCUT2D eigenvalue weighted by Crippen LogP contribution is 2.03. The number of nitrogens with one attached hydrogen (secondary N) is 1. The highest BCUT2D eigenvalue weighted by atomic mass is 16.4. The fourth-order valence-corrected chi connectivity index (χ4v) is 1.18. The molecule has 1 aromatic rings. The van der Waals surface area contributed by atoms with Gasteiger partial charge in [-0.25, -0.2) is 4.98 Å². The predicted molar refractivity (Wildman–Crippen MR) is 48.4 cm³/mol. The minimum atomic E-state index is -0.710. The zero-order valence-corrected chi connectivity index (χ0v) is 7.49. The van der Waals surface area contributed by atoms with Gasteiger partial charge in [-0.15, -0.1) is 0 Å². The summed E-state index contributed by atoms with van der Waals surface area (Å²) in [7, 11) is 0. The maximum atomic E-state index is 10.2. The molecule has 0 amide bonds. The summed E-state index contributed by atoms with van der Waals surface area (Å²) in [5.74, 6) is 0.272. The fourth-order valence-electron chi connectivity index (χ4n) is 1.18. The maximum Gasteiger partial charge on any atom is 0.303 e. The van der Waals surface area contributed by atoms with Crippen molar-refractivity contribution in [3.63, 3.8) is 0 Å². The van der Waals surface area contributed by atoms with Crippen molar-refractivity contribution in [1.29, 1.82) is 0 Å². The van der Waals surface area contributed by atoms with E-state index in [1.54, 1.807) is 12.4 Å². The average molecular weight is 182 g/mol. The van der Waals surface area contributed by atoms with Crippen LogP contribution in [-0.2, 0) is 11.2 Å². The van der Waals surface area contributed by atoms with Crippen LogP contribution in [0, 0.1) is 0 Å². The van der Waals surface area contributed by atoms with Crippen LogP contribution in [0.3, 0.4) is 0 Å². The van der Waals surface area contributed by atoms with Crippen molar-refractivity contribution in [2.75, 3.05) is 0 Å². The summed E-state index contributed by atoms with van der Waals surface area (Å²) in [5, 5.41) is 8.38. The second kappa shape index (κ2) is 5.35. The molecule has 0 atom stereocenters. The Hall–Kier alpha value is -1.32. The Kier molecular flexibility index (Phi) is 4.02. The van der Waals surface area contributed by atoms with Crippen LogP contribution >= 0.6 is 0 Å². The second-order valence-corrected chi connectivity index (χ2v) is 2.99. The Morgan fingerprint density at radius 3 is 2.92 bits per heavy atom. The quantitative estimate of drug-likeness (QED) is 0.656. The van der Waals surface area contributed by atoms with Gasteiger partial charge >= 0.3 is 5.97 Å². The number of carboxylic acid groups (broad SMARTS) is 1. The maximum absolute atomic E-state index is 10.2. The van der Waals surface area contributed by atoms with Crippen LogP contribution in [-0.4, -0.2) is 21.0 Å². The molecule has 72 valence electrons. The normalized spacial score (nSPS) is 10.2. The number of nitrogens with zero attached hydrogens (tertiary/aromatic N) is 1. The average Bonchev–Trinajstić information content (AvgIpc) is 2.55. The van der Waals surface area contributed by atoms with Crippen LogP contribution in [0.1, 0.15) is 31.5 Å². The molecule has 4 heteroatoms. The number of rotatable bonds is 6. The summed E-state index contributed by atoms with van der Waals surface area (Å²) in [5.41, 5.74) is 0. The van der Waals surface area contributed by atoms with E-state index in [1.807, 2.05) is 0 Å². The molecule has 0 saturated carbocycles. The first-order chi connectivity index (χ1) is 6.29. The Morgan fingerprint density at radius 2 is 2.31 bits per heavy atom. The topological polar surface area (TPSA) is 66.0 Å².